The molecule has 202 valence electrons. The van der Waals surface area contributed by atoms with Crippen molar-refractivity contribution in [2.45, 2.75) is 66.9 Å². The first kappa shape index (κ1) is 29.8. The summed E-state index contributed by atoms with van der Waals surface area (Å²) in [7, 11) is 3.03. The van der Waals surface area contributed by atoms with Gasteiger partial charge in [-0.3, -0.25) is 14.4 Å². The van der Waals surface area contributed by atoms with Crippen LogP contribution >= 0.6 is 0 Å². The van der Waals surface area contributed by atoms with Crippen molar-refractivity contribution in [3.63, 3.8) is 0 Å². The van der Waals surface area contributed by atoms with E-state index >= 15 is 0 Å². The number of aryl methyl sites for hydroxylation is 1. The van der Waals surface area contributed by atoms with Gasteiger partial charge in [-0.2, -0.15) is 0 Å². The number of esters is 2. The summed E-state index contributed by atoms with van der Waals surface area (Å²) in [5, 5.41) is 0. The molecule has 0 aliphatic heterocycles. The molecule has 0 N–H and O–H groups in total. The highest BCUT2D eigenvalue weighted by atomic mass is 16.6. The maximum Gasteiger partial charge on any atom is 0.313 e. The van der Waals surface area contributed by atoms with Gasteiger partial charge in [0.15, 0.2) is 17.2 Å². The van der Waals surface area contributed by atoms with E-state index in [9.17, 15) is 14.4 Å². The van der Waals surface area contributed by atoms with Gasteiger partial charge in [0, 0.05) is 24.6 Å². The maximum atomic E-state index is 13.3. The lowest BCUT2D eigenvalue weighted by Gasteiger charge is -2.26. The Kier molecular flexibility index (Phi) is 10.6. The molecule has 0 saturated heterocycles. The first-order chi connectivity index (χ1) is 17.4. The molecule has 0 fully saturated rings. The Morgan fingerprint density at radius 2 is 1.59 bits per heavy atom. The Morgan fingerprint density at radius 1 is 0.919 bits per heavy atom. The van der Waals surface area contributed by atoms with Gasteiger partial charge in [0.25, 0.3) is 0 Å². The third-order valence-corrected chi connectivity index (χ3v) is 6.51. The lowest BCUT2D eigenvalue weighted by atomic mass is 9.89. The number of ether oxygens (including phenoxy) is 4. The summed E-state index contributed by atoms with van der Waals surface area (Å²) >= 11 is 0. The van der Waals surface area contributed by atoms with Crippen molar-refractivity contribution in [3.05, 3.63) is 47.3 Å². The fraction of sp³-hybridized carbons (Fsp3) is 0.517. The third kappa shape index (κ3) is 7.54. The van der Waals surface area contributed by atoms with Crippen molar-refractivity contribution < 1.29 is 33.3 Å². The van der Waals surface area contributed by atoms with Crippen LogP contribution in [0.15, 0.2) is 30.5 Å². The summed E-state index contributed by atoms with van der Waals surface area (Å²) in [6, 6.07) is 7.31. The van der Waals surface area contributed by atoms with Crippen LogP contribution in [0.5, 0.6) is 17.2 Å². The molecule has 8 heteroatoms. The van der Waals surface area contributed by atoms with Crippen molar-refractivity contribution in [3.8, 4) is 17.2 Å². The minimum Gasteiger partial charge on any atom is -0.497 e. The van der Waals surface area contributed by atoms with Gasteiger partial charge in [-0.1, -0.05) is 40.7 Å². The Labute approximate surface area is 219 Å². The predicted molar refractivity (Wildman–Crippen MR) is 140 cm³/mol. The van der Waals surface area contributed by atoms with E-state index in [4.69, 9.17) is 18.9 Å². The fourth-order valence-electron chi connectivity index (χ4n) is 3.91. The summed E-state index contributed by atoms with van der Waals surface area (Å²) < 4.78 is 21.9. The van der Waals surface area contributed by atoms with Crippen LogP contribution in [-0.4, -0.2) is 43.0 Å². The molecule has 3 atom stereocenters. The van der Waals surface area contributed by atoms with E-state index in [1.165, 1.54) is 19.4 Å². The lowest BCUT2D eigenvalue weighted by Crippen LogP contribution is -2.31. The standard InChI is InChI=1S/C29H39NO7/c1-16(2)23(29(33)36-20(7)19(6)22-11-10-21(34-8)14-18(22)5)15-24(31)26-27(37-28(32)17(3)4)25(35-9)12-13-30-26/h10-14,16-17,19-20,23H,15H2,1-9H3/t19-,20+,23-/m0/s1. The average molecular weight is 514 g/mol. The summed E-state index contributed by atoms with van der Waals surface area (Å²) in [5.41, 5.74) is 2.04. The van der Waals surface area contributed by atoms with Gasteiger partial charge in [0.1, 0.15) is 11.9 Å². The number of aromatic nitrogens is 1. The molecule has 1 aromatic carbocycles. The van der Waals surface area contributed by atoms with Crippen molar-refractivity contribution in [1.29, 1.82) is 0 Å². The number of methoxy groups -OCH3 is 2. The number of hydrogen-bond acceptors (Lipinski definition) is 8. The van der Waals surface area contributed by atoms with Crippen LogP contribution < -0.4 is 14.2 Å². The molecule has 1 heterocycles. The van der Waals surface area contributed by atoms with Crippen molar-refractivity contribution in [2.24, 2.45) is 17.8 Å². The van der Waals surface area contributed by atoms with Gasteiger partial charge in [-0.15, -0.1) is 0 Å². The minimum atomic E-state index is -0.708. The molecule has 0 spiro atoms. The van der Waals surface area contributed by atoms with E-state index in [1.807, 2.05) is 52.8 Å². The molecule has 0 bridgehead atoms. The van der Waals surface area contributed by atoms with Gasteiger partial charge in [0.05, 0.1) is 26.1 Å². The fourth-order valence-corrected chi connectivity index (χ4v) is 3.91. The molecule has 0 aliphatic carbocycles. The number of pyridine rings is 1. The van der Waals surface area contributed by atoms with E-state index in [2.05, 4.69) is 4.98 Å². The van der Waals surface area contributed by atoms with E-state index < -0.39 is 35.7 Å². The quantitative estimate of drug-likeness (QED) is 0.269. The number of hydrogen-bond donors (Lipinski definition) is 0. The Hall–Kier alpha value is -3.42. The molecule has 2 aromatic rings. The molecule has 1 aromatic heterocycles. The van der Waals surface area contributed by atoms with Crippen LogP contribution in [0.1, 0.15) is 75.5 Å². The molecule has 0 aliphatic rings. The van der Waals surface area contributed by atoms with Gasteiger partial charge in [-0.25, -0.2) is 4.98 Å². The first-order valence-corrected chi connectivity index (χ1v) is 12.5. The van der Waals surface area contributed by atoms with Gasteiger partial charge < -0.3 is 18.9 Å². The molecule has 2 rings (SSSR count). The zero-order valence-corrected chi connectivity index (χ0v) is 23.3. The summed E-state index contributed by atoms with van der Waals surface area (Å²) in [6.07, 6.45) is 0.835. The normalized spacial score (nSPS) is 13.6. The first-order valence-electron chi connectivity index (χ1n) is 12.5. The summed E-state index contributed by atoms with van der Waals surface area (Å²) in [6.45, 7) is 12.9. The van der Waals surface area contributed by atoms with E-state index in [0.717, 1.165) is 16.9 Å². The zero-order valence-electron chi connectivity index (χ0n) is 23.3. The Balaban J connectivity index is 2.23. The number of carbonyl (C=O) groups is 3. The largest absolute Gasteiger partial charge is 0.497 e. The topological polar surface area (TPSA) is 101 Å². The van der Waals surface area contributed by atoms with Crippen molar-refractivity contribution >= 4 is 17.7 Å². The van der Waals surface area contributed by atoms with Crippen molar-refractivity contribution in [2.75, 3.05) is 14.2 Å². The Morgan fingerprint density at radius 3 is 2.14 bits per heavy atom. The van der Waals surface area contributed by atoms with Crippen molar-refractivity contribution in [1.82, 2.24) is 4.98 Å². The Bertz CT molecular complexity index is 1110. The number of Topliss-reactive ketones (excluding diaryl/α,β-unsaturated/α-hetero) is 1. The molecule has 0 saturated carbocycles. The monoisotopic (exact) mass is 513 g/mol. The number of benzene rings is 1. The molecule has 0 radical (unpaired) electrons. The van der Waals surface area contributed by atoms with Crippen LogP contribution in [0.25, 0.3) is 0 Å². The lowest BCUT2D eigenvalue weighted by molar-refractivity contribution is -0.155. The highest BCUT2D eigenvalue weighted by Gasteiger charge is 2.32. The number of nitrogens with zero attached hydrogens (tertiary/aromatic N) is 1. The summed E-state index contributed by atoms with van der Waals surface area (Å²) in [4.78, 5) is 43.0. The molecule has 8 nitrogen and oxygen atoms in total. The van der Waals surface area contributed by atoms with Crippen LogP contribution in [-0.2, 0) is 14.3 Å². The highest BCUT2D eigenvalue weighted by molar-refractivity contribution is 6.00. The van der Waals surface area contributed by atoms with Gasteiger partial charge >= 0.3 is 11.9 Å². The predicted octanol–water partition coefficient (Wildman–Crippen LogP) is 5.55. The minimum absolute atomic E-state index is 0.0402. The average Bonchev–Trinajstić information content (AvgIpc) is 2.86. The molecule has 37 heavy (non-hydrogen) atoms. The smallest absolute Gasteiger partial charge is 0.313 e. The highest BCUT2D eigenvalue weighted by Crippen LogP contribution is 2.33. The molecular weight excluding hydrogens is 474 g/mol. The van der Waals surface area contributed by atoms with Gasteiger partial charge in [-0.05, 0) is 43.0 Å². The van der Waals surface area contributed by atoms with Crippen LogP contribution in [0.4, 0.5) is 0 Å². The second-order valence-electron chi connectivity index (χ2n) is 9.90. The molecule has 0 unspecified atom stereocenters. The second kappa shape index (κ2) is 13.2. The van der Waals surface area contributed by atoms with Crippen LogP contribution in [0.2, 0.25) is 0 Å². The van der Waals surface area contributed by atoms with Crippen LogP contribution in [0, 0.1) is 24.7 Å². The number of rotatable bonds is 12. The second-order valence-corrected chi connectivity index (χ2v) is 9.90. The van der Waals surface area contributed by atoms with Gasteiger partial charge in [0.2, 0.25) is 5.75 Å². The summed E-state index contributed by atoms with van der Waals surface area (Å²) in [5.74, 6) is -1.84. The third-order valence-electron chi connectivity index (χ3n) is 6.51. The molecule has 0 amide bonds. The van der Waals surface area contributed by atoms with E-state index in [0.29, 0.717) is 0 Å². The SMILES string of the molecule is COc1ccc([C@@H](C)[C@@H](C)OC(=O)[C@@H](CC(=O)c2nccc(OC)c2OC(=O)C(C)C)C(C)C)c(C)c1. The van der Waals surface area contributed by atoms with E-state index in [-0.39, 0.29) is 35.4 Å². The van der Waals surface area contributed by atoms with E-state index in [1.54, 1.807) is 21.0 Å². The number of carbonyl (C=O) groups excluding carboxylic acids is 3. The zero-order chi connectivity index (χ0) is 27.9. The van der Waals surface area contributed by atoms with Crippen LogP contribution in [0.3, 0.4) is 0 Å². The molecular formula is C29H39NO7. The maximum absolute atomic E-state index is 13.3. The number of ketones is 1.